The zero-order valence-electron chi connectivity index (χ0n) is 10.8. The quantitative estimate of drug-likeness (QED) is 0.640. The van der Waals surface area contributed by atoms with Crippen LogP contribution in [0.2, 0.25) is 0 Å². The molecule has 0 aliphatic carbocycles. The topological polar surface area (TPSA) is 73.1 Å². The molecule has 0 radical (unpaired) electrons. The Bertz CT molecular complexity index is 542. The van der Waals surface area contributed by atoms with Crippen LogP contribution in [0.25, 0.3) is 10.9 Å². The van der Waals surface area contributed by atoms with Crippen molar-refractivity contribution in [2.45, 2.75) is 26.9 Å². The number of nitrogens with two attached hydrogens (primary N) is 1. The number of hydrogen-bond donors (Lipinski definition) is 2. The predicted molar refractivity (Wildman–Crippen MR) is 72.3 cm³/mol. The SMILES string of the molecule is CC(C)C(C)Oc1nc(NN)nc2ccccc12. The van der Waals surface area contributed by atoms with Crippen LogP contribution in [0.3, 0.4) is 0 Å². The van der Waals surface area contributed by atoms with E-state index < -0.39 is 0 Å². The van der Waals surface area contributed by atoms with Gasteiger partial charge in [0.05, 0.1) is 17.0 Å². The Balaban J connectivity index is 2.47. The van der Waals surface area contributed by atoms with E-state index in [4.69, 9.17) is 10.6 Å². The summed E-state index contributed by atoms with van der Waals surface area (Å²) in [5, 5.41) is 0.893. The van der Waals surface area contributed by atoms with Crippen LogP contribution in [0.5, 0.6) is 5.88 Å². The van der Waals surface area contributed by atoms with Gasteiger partial charge in [0.15, 0.2) is 0 Å². The number of hydrazine groups is 1. The van der Waals surface area contributed by atoms with E-state index in [2.05, 4.69) is 29.2 Å². The van der Waals surface area contributed by atoms with Gasteiger partial charge in [0, 0.05) is 0 Å². The summed E-state index contributed by atoms with van der Waals surface area (Å²) < 4.78 is 5.88. The number of rotatable bonds is 4. The summed E-state index contributed by atoms with van der Waals surface area (Å²) in [6.45, 7) is 6.24. The average molecular weight is 246 g/mol. The van der Waals surface area contributed by atoms with Crippen molar-refractivity contribution in [1.29, 1.82) is 0 Å². The molecule has 5 heteroatoms. The summed E-state index contributed by atoms with van der Waals surface area (Å²) in [7, 11) is 0. The van der Waals surface area contributed by atoms with E-state index in [-0.39, 0.29) is 6.10 Å². The highest BCUT2D eigenvalue weighted by atomic mass is 16.5. The fourth-order valence-corrected chi connectivity index (χ4v) is 1.51. The van der Waals surface area contributed by atoms with Crippen LogP contribution in [0, 0.1) is 5.92 Å². The summed E-state index contributed by atoms with van der Waals surface area (Å²) in [4.78, 5) is 8.55. The lowest BCUT2D eigenvalue weighted by Crippen LogP contribution is -2.20. The van der Waals surface area contributed by atoms with E-state index >= 15 is 0 Å². The molecule has 1 aromatic carbocycles. The molecule has 1 unspecified atom stereocenters. The fourth-order valence-electron chi connectivity index (χ4n) is 1.51. The van der Waals surface area contributed by atoms with Gasteiger partial charge in [0.1, 0.15) is 0 Å². The molecule has 3 N–H and O–H groups in total. The Labute approximate surface area is 106 Å². The molecule has 0 fully saturated rings. The van der Waals surface area contributed by atoms with Crippen LogP contribution < -0.4 is 16.0 Å². The number of nitrogens with one attached hydrogen (secondary N) is 1. The van der Waals surface area contributed by atoms with Crippen LogP contribution in [0.15, 0.2) is 24.3 Å². The largest absolute Gasteiger partial charge is 0.474 e. The highest BCUT2D eigenvalue weighted by molar-refractivity contribution is 5.84. The summed E-state index contributed by atoms with van der Waals surface area (Å²) in [6.07, 6.45) is 0.0777. The zero-order chi connectivity index (χ0) is 13.1. The van der Waals surface area contributed by atoms with Crippen LogP contribution in [-0.2, 0) is 0 Å². The third-order valence-corrected chi connectivity index (χ3v) is 2.93. The number of aromatic nitrogens is 2. The lowest BCUT2D eigenvalue weighted by atomic mass is 10.1. The van der Waals surface area contributed by atoms with Gasteiger partial charge in [-0.15, -0.1) is 0 Å². The first-order valence-corrected chi connectivity index (χ1v) is 6.02. The molecular formula is C13H18N4O. The number of ether oxygens (including phenoxy) is 1. The van der Waals surface area contributed by atoms with E-state index in [0.717, 1.165) is 10.9 Å². The van der Waals surface area contributed by atoms with Crippen molar-refractivity contribution >= 4 is 16.9 Å². The molecule has 5 nitrogen and oxygen atoms in total. The summed E-state index contributed by atoms with van der Waals surface area (Å²) >= 11 is 0. The summed E-state index contributed by atoms with van der Waals surface area (Å²) in [5.41, 5.74) is 3.27. The van der Waals surface area contributed by atoms with Crippen molar-refractivity contribution in [3.8, 4) is 5.88 Å². The minimum Gasteiger partial charge on any atom is -0.474 e. The number of hydrogen-bond acceptors (Lipinski definition) is 5. The van der Waals surface area contributed by atoms with Crippen LogP contribution in [0.1, 0.15) is 20.8 Å². The van der Waals surface area contributed by atoms with Crippen LogP contribution in [-0.4, -0.2) is 16.1 Å². The molecule has 0 bridgehead atoms. The molecule has 0 aliphatic rings. The molecule has 2 aromatic rings. The van der Waals surface area contributed by atoms with E-state index in [0.29, 0.717) is 17.7 Å². The van der Waals surface area contributed by atoms with Gasteiger partial charge in [-0.25, -0.2) is 10.8 Å². The Morgan fingerprint density at radius 1 is 1.17 bits per heavy atom. The van der Waals surface area contributed by atoms with E-state index in [1.807, 2.05) is 31.2 Å². The van der Waals surface area contributed by atoms with Crippen molar-refractivity contribution in [2.75, 3.05) is 5.43 Å². The van der Waals surface area contributed by atoms with Gasteiger partial charge in [-0.05, 0) is 25.0 Å². The number of nitrogens with zero attached hydrogens (tertiary/aromatic N) is 2. The van der Waals surface area contributed by atoms with Gasteiger partial charge in [0.2, 0.25) is 11.8 Å². The van der Waals surface area contributed by atoms with E-state index in [9.17, 15) is 0 Å². The molecule has 1 heterocycles. The van der Waals surface area contributed by atoms with Crippen molar-refractivity contribution in [1.82, 2.24) is 9.97 Å². The number of fused-ring (bicyclic) bond motifs is 1. The smallest absolute Gasteiger partial charge is 0.241 e. The molecule has 1 aromatic heterocycles. The minimum absolute atomic E-state index is 0.0777. The maximum Gasteiger partial charge on any atom is 0.241 e. The lowest BCUT2D eigenvalue weighted by Gasteiger charge is -2.18. The molecule has 2 rings (SSSR count). The number of benzene rings is 1. The zero-order valence-corrected chi connectivity index (χ0v) is 10.8. The van der Waals surface area contributed by atoms with Gasteiger partial charge >= 0.3 is 0 Å². The van der Waals surface area contributed by atoms with Gasteiger partial charge in [-0.1, -0.05) is 26.0 Å². The Morgan fingerprint density at radius 3 is 2.56 bits per heavy atom. The van der Waals surface area contributed by atoms with Crippen LogP contribution >= 0.6 is 0 Å². The molecule has 0 saturated carbocycles. The first-order valence-electron chi connectivity index (χ1n) is 6.02. The van der Waals surface area contributed by atoms with Gasteiger partial charge < -0.3 is 4.74 Å². The van der Waals surface area contributed by atoms with Crippen LogP contribution in [0.4, 0.5) is 5.95 Å². The third-order valence-electron chi connectivity index (χ3n) is 2.93. The monoisotopic (exact) mass is 246 g/mol. The Morgan fingerprint density at radius 2 is 1.89 bits per heavy atom. The average Bonchev–Trinajstić information content (AvgIpc) is 2.38. The second-order valence-electron chi connectivity index (χ2n) is 4.58. The third kappa shape index (κ3) is 2.51. The molecular weight excluding hydrogens is 228 g/mol. The normalized spacial score (nSPS) is 12.7. The van der Waals surface area contributed by atoms with Crippen molar-refractivity contribution < 1.29 is 4.74 Å². The van der Waals surface area contributed by atoms with Gasteiger partial charge in [-0.3, -0.25) is 5.43 Å². The van der Waals surface area contributed by atoms with Crippen molar-refractivity contribution in [3.05, 3.63) is 24.3 Å². The van der Waals surface area contributed by atoms with Crippen molar-refractivity contribution in [2.24, 2.45) is 11.8 Å². The first-order chi connectivity index (χ1) is 8.61. The minimum atomic E-state index is 0.0777. The molecule has 96 valence electrons. The summed E-state index contributed by atoms with van der Waals surface area (Å²) in [5.74, 6) is 6.71. The number of nitrogen functional groups attached to an aromatic ring is 1. The van der Waals surface area contributed by atoms with E-state index in [1.54, 1.807) is 0 Å². The highest BCUT2D eigenvalue weighted by Crippen LogP contribution is 2.25. The Kier molecular flexibility index (Phi) is 3.62. The second kappa shape index (κ2) is 5.18. The number of para-hydroxylation sites is 1. The maximum atomic E-state index is 5.88. The standard InChI is InChI=1S/C13H18N4O/c1-8(2)9(3)18-12-10-6-4-5-7-11(10)15-13(16-12)17-14/h4-9H,14H2,1-3H3,(H,15,16,17). The highest BCUT2D eigenvalue weighted by Gasteiger charge is 2.13. The summed E-state index contributed by atoms with van der Waals surface area (Å²) in [6, 6.07) is 7.71. The Hall–Kier alpha value is -1.88. The van der Waals surface area contributed by atoms with Gasteiger partial charge in [0.25, 0.3) is 0 Å². The molecule has 1 atom stereocenters. The van der Waals surface area contributed by atoms with Gasteiger partial charge in [-0.2, -0.15) is 4.98 Å². The molecule has 0 aliphatic heterocycles. The van der Waals surface area contributed by atoms with Crippen molar-refractivity contribution in [3.63, 3.8) is 0 Å². The molecule has 0 saturated heterocycles. The first kappa shape index (κ1) is 12.6. The lowest BCUT2D eigenvalue weighted by molar-refractivity contribution is 0.166. The fraction of sp³-hybridized carbons (Fsp3) is 0.385. The maximum absolute atomic E-state index is 5.88. The van der Waals surface area contributed by atoms with E-state index in [1.165, 1.54) is 0 Å². The second-order valence-corrected chi connectivity index (χ2v) is 4.58. The number of anilines is 1. The predicted octanol–water partition coefficient (Wildman–Crippen LogP) is 2.34. The molecule has 0 spiro atoms. The molecule has 0 amide bonds. The molecule has 18 heavy (non-hydrogen) atoms.